The van der Waals surface area contributed by atoms with Gasteiger partial charge in [0, 0.05) is 17.5 Å². The van der Waals surface area contributed by atoms with Crippen molar-refractivity contribution in [3.05, 3.63) is 35.4 Å². The van der Waals surface area contributed by atoms with Gasteiger partial charge in [0.1, 0.15) is 0 Å². The fourth-order valence-corrected chi connectivity index (χ4v) is 3.42. The largest absolute Gasteiger partial charge is 0.459 e. The number of rotatable bonds is 5. The van der Waals surface area contributed by atoms with Gasteiger partial charge in [-0.2, -0.15) is 11.8 Å². The smallest absolute Gasteiger partial charge is 0.338 e. The highest BCUT2D eigenvalue weighted by Crippen LogP contribution is 2.23. The quantitative estimate of drug-likeness (QED) is 0.846. The molecular weight excluding hydrogens is 270 g/mol. The van der Waals surface area contributed by atoms with Gasteiger partial charge in [-0.1, -0.05) is 12.1 Å². The number of carbonyl (C=O) groups excluding carboxylic acids is 1. The van der Waals surface area contributed by atoms with E-state index in [1.165, 1.54) is 18.4 Å². The van der Waals surface area contributed by atoms with Crippen LogP contribution in [0.25, 0.3) is 0 Å². The van der Waals surface area contributed by atoms with E-state index in [0.717, 1.165) is 18.8 Å². The lowest BCUT2D eigenvalue weighted by Gasteiger charge is -2.22. The summed E-state index contributed by atoms with van der Waals surface area (Å²) in [6.45, 7) is 5.98. The number of esters is 1. The molecule has 0 bridgehead atoms. The molecule has 20 heavy (non-hydrogen) atoms. The SMILES string of the molecule is CC(C)OC(=O)c1cccc(CSC2CCCNC2)c1. The zero-order valence-corrected chi connectivity index (χ0v) is 13.0. The van der Waals surface area contributed by atoms with E-state index in [1.54, 1.807) is 0 Å². The van der Waals surface area contributed by atoms with Crippen molar-refractivity contribution < 1.29 is 9.53 Å². The van der Waals surface area contributed by atoms with Gasteiger partial charge in [0.25, 0.3) is 0 Å². The zero-order valence-electron chi connectivity index (χ0n) is 12.2. The summed E-state index contributed by atoms with van der Waals surface area (Å²) < 4.78 is 5.23. The molecule has 1 aliphatic rings. The third kappa shape index (κ3) is 4.84. The van der Waals surface area contributed by atoms with Crippen molar-refractivity contribution in [2.24, 2.45) is 0 Å². The first-order valence-corrected chi connectivity index (χ1v) is 8.32. The fraction of sp³-hybridized carbons (Fsp3) is 0.562. The van der Waals surface area contributed by atoms with Crippen molar-refractivity contribution >= 4 is 17.7 Å². The molecule has 1 saturated heterocycles. The van der Waals surface area contributed by atoms with Crippen LogP contribution >= 0.6 is 11.8 Å². The predicted molar refractivity (Wildman–Crippen MR) is 84.2 cm³/mol. The van der Waals surface area contributed by atoms with Crippen molar-refractivity contribution in [2.45, 2.75) is 43.8 Å². The Hall–Kier alpha value is -1.00. The van der Waals surface area contributed by atoms with Crippen LogP contribution in [0.4, 0.5) is 0 Å². The maximum absolute atomic E-state index is 11.9. The molecule has 1 heterocycles. The molecular formula is C16H23NO2S. The number of nitrogens with one attached hydrogen (secondary N) is 1. The van der Waals surface area contributed by atoms with Crippen LogP contribution in [0.5, 0.6) is 0 Å². The lowest BCUT2D eigenvalue weighted by atomic mass is 10.1. The Bertz CT molecular complexity index is 442. The van der Waals surface area contributed by atoms with Crippen LogP contribution in [0.1, 0.15) is 42.6 Å². The van der Waals surface area contributed by atoms with Crippen LogP contribution in [-0.2, 0) is 10.5 Å². The van der Waals surface area contributed by atoms with Crippen LogP contribution in [0.3, 0.4) is 0 Å². The highest BCUT2D eigenvalue weighted by Gasteiger charge is 2.14. The monoisotopic (exact) mass is 293 g/mol. The minimum Gasteiger partial charge on any atom is -0.459 e. The number of ether oxygens (including phenoxy) is 1. The highest BCUT2D eigenvalue weighted by atomic mass is 32.2. The number of carbonyl (C=O) groups is 1. The van der Waals surface area contributed by atoms with Crippen LogP contribution in [0.2, 0.25) is 0 Å². The summed E-state index contributed by atoms with van der Waals surface area (Å²) in [5.74, 6) is 0.723. The van der Waals surface area contributed by atoms with Crippen molar-refractivity contribution in [3.8, 4) is 0 Å². The van der Waals surface area contributed by atoms with Crippen molar-refractivity contribution in [1.82, 2.24) is 5.32 Å². The second-order valence-electron chi connectivity index (χ2n) is 5.43. The molecule has 1 aromatic carbocycles. The van der Waals surface area contributed by atoms with E-state index in [1.807, 2.05) is 43.8 Å². The first kappa shape index (κ1) is 15.4. The highest BCUT2D eigenvalue weighted by molar-refractivity contribution is 7.99. The number of thioether (sulfide) groups is 1. The molecule has 1 fully saturated rings. The molecule has 0 spiro atoms. The van der Waals surface area contributed by atoms with Gasteiger partial charge in [0.15, 0.2) is 0 Å². The molecule has 1 N–H and O–H groups in total. The lowest BCUT2D eigenvalue weighted by molar-refractivity contribution is 0.0378. The number of piperidine rings is 1. The molecule has 110 valence electrons. The van der Waals surface area contributed by atoms with E-state index >= 15 is 0 Å². The Morgan fingerprint density at radius 1 is 1.50 bits per heavy atom. The summed E-state index contributed by atoms with van der Waals surface area (Å²) in [7, 11) is 0. The van der Waals surface area contributed by atoms with Gasteiger partial charge in [-0.05, 0) is 50.9 Å². The standard InChI is InChI=1S/C16H23NO2S/c1-12(2)19-16(18)14-6-3-5-13(9-14)11-20-15-7-4-8-17-10-15/h3,5-6,9,12,15,17H,4,7-8,10-11H2,1-2H3. The van der Waals surface area contributed by atoms with Crippen molar-refractivity contribution in [3.63, 3.8) is 0 Å². The lowest BCUT2D eigenvalue weighted by Crippen LogP contribution is -2.31. The van der Waals surface area contributed by atoms with Crippen LogP contribution < -0.4 is 5.32 Å². The number of hydrogen-bond donors (Lipinski definition) is 1. The molecule has 1 aliphatic heterocycles. The second kappa shape index (κ2) is 7.70. The Morgan fingerprint density at radius 3 is 3.05 bits per heavy atom. The van der Waals surface area contributed by atoms with Gasteiger partial charge in [-0.25, -0.2) is 4.79 Å². The van der Waals surface area contributed by atoms with Crippen LogP contribution in [0, 0.1) is 0 Å². The molecule has 0 aromatic heterocycles. The molecule has 4 heteroatoms. The molecule has 0 amide bonds. The average molecular weight is 293 g/mol. The van der Waals surface area contributed by atoms with E-state index in [9.17, 15) is 4.79 Å². The van der Waals surface area contributed by atoms with Gasteiger partial charge < -0.3 is 10.1 Å². The Labute approximate surface area is 125 Å². The first-order valence-electron chi connectivity index (χ1n) is 7.27. The molecule has 1 aromatic rings. The van der Waals surface area contributed by atoms with Gasteiger partial charge in [0.2, 0.25) is 0 Å². The second-order valence-corrected chi connectivity index (χ2v) is 6.72. The fourth-order valence-electron chi connectivity index (χ4n) is 2.25. The third-order valence-corrected chi connectivity index (χ3v) is 4.62. The molecule has 0 aliphatic carbocycles. The van der Waals surface area contributed by atoms with Gasteiger partial charge in [-0.3, -0.25) is 0 Å². The molecule has 1 atom stereocenters. The predicted octanol–water partition coefficient (Wildman–Crippen LogP) is 3.24. The van der Waals surface area contributed by atoms with Crippen LogP contribution in [-0.4, -0.2) is 30.4 Å². The topological polar surface area (TPSA) is 38.3 Å². The number of hydrogen-bond acceptors (Lipinski definition) is 4. The van der Waals surface area contributed by atoms with Crippen molar-refractivity contribution in [2.75, 3.05) is 13.1 Å². The molecule has 0 saturated carbocycles. The van der Waals surface area contributed by atoms with Crippen molar-refractivity contribution in [1.29, 1.82) is 0 Å². The third-order valence-electron chi connectivity index (χ3n) is 3.24. The molecule has 3 nitrogen and oxygen atoms in total. The summed E-state index contributed by atoms with van der Waals surface area (Å²) in [4.78, 5) is 11.9. The van der Waals surface area contributed by atoms with Gasteiger partial charge in [-0.15, -0.1) is 0 Å². The Morgan fingerprint density at radius 2 is 2.35 bits per heavy atom. The minimum absolute atomic E-state index is 0.0751. The van der Waals surface area contributed by atoms with E-state index in [-0.39, 0.29) is 12.1 Å². The Kier molecular flexibility index (Phi) is 5.92. The first-order chi connectivity index (χ1) is 9.65. The maximum Gasteiger partial charge on any atom is 0.338 e. The maximum atomic E-state index is 11.9. The van der Waals surface area contributed by atoms with E-state index < -0.39 is 0 Å². The average Bonchev–Trinajstić information content (AvgIpc) is 2.46. The Balaban J connectivity index is 1.90. The minimum atomic E-state index is -0.230. The van der Waals surface area contributed by atoms with E-state index in [0.29, 0.717) is 10.8 Å². The zero-order chi connectivity index (χ0) is 14.4. The van der Waals surface area contributed by atoms with Crippen LogP contribution in [0.15, 0.2) is 24.3 Å². The van der Waals surface area contributed by atoms with Gasteiger partial charge >= 0.3 is 5.97 Å². The summed E-state index contributed by atoms with van der Waals surface area (Å²) in [6, 6.07) is 7.79. The van der Waals surface area contributed by atoms with E-state index in [2.05, 4.69) is 11.4 Å². The normalized spacial score (nSPS) is 19.1. The summed E-state index contributed by atoms with van der Waals surface area (Å²) in [6.07, 6.45) is 2.47. The van der Waals surface area contributed by atoms with E-state index in [4.69, 9.17) is 4.74 Å². The summed E-state index contributed by atoms with van der Waals surface area (Å²) in [5, 5.41) is 4.12. The summed E-state index contributed by atoms with van der Waals surface area (Å²) in [5.41, 5.74) is 1.84. The number of benzene rings is 1. The molecule has 0 radical (unpaired) electrons. The van der Waals surface area contributed by atoms with Gasteiger partial charge in [0.05, 0.1) is 11.7 Å². The summed E-state index contributed by atoms with van der Waals surface area (Å²) >= 11 is 1.97. The molecule has 1 unspecified atom stereocenters. The molecule has 2 rings (SSSR count).